The minimum absolute atomic E-state index is 0.00572. The molecule has 7 nitrogen and oxygen atoms in total. The van der Waals surface area contributed by atoms with Crippen molar-refractivity contribution in [3.63, 3.8) is 0 Å². The summed E-state index contributed by atoms with van der Waals surface area (Å²) in [6.07, 6.45) is 1.04. The molecule has 2 atom stereocenters. The van der Waals surface area contributed by atoms with E-state index < -0.39 is 6.04 Å². The highest BCUT2D eigenvalue weighted by atomic mass is 16.5. The number of phenols is 1. The van der Waals surface area contributed by atoms with Gasteiger partial charge < -0.3 is 30.0 Å². The van der Waals surface area contributed by atoms with Crippen LogP contribution in [-0.4, -0.2) is 32.2 Å². The van der Waals surface area contributed by atoms with E-state index in [4.69, 9.17) is 14.2 Å². The molecule has 35 heavy (non-hydrogen) atoms. The Hall–Kier alpha value is -4.13. The van der Waals surface area contributed by atoms with Crippen molar-refractivity contribution >= 4 is 17.2 Å². The molecule has 0 radical (unpaired) electrons. The van der Waals surface area contributed by atoms with Crippen LogP contribution >= 0.6 is 0 Å². The van der Waals surface area contributed by atoms with Crippen LogP contribution in [0, 0.1) is 0 Å². The number of fused-ring (bicyclic) bond motifs is 1. The maximum atomic E-state index is 13.7. The first kappa shape index (κ1) is 22.7. The van der Waals surface area contributed by atoms with Crippen molar-refractivity contribution in [3.8, 4) is 23.0 Å². The van der Waals surface area contributed by atoms with E-state index >= 15 is 0 Å². The van der Waals surface area contributed by atoms with Gasteiger partial charge in [0.1, 0.15) is 0 Å². The highest BCUT2D eigenvalue weighted by Crippen LogP contribution is 2.46. The van der Waals surface area contributed by atoms with Gasteiger partial charge in [0.25, 0.3) is 0 Å². The Morgan fingerprint density at radius 3 is 2.23 bits per heavy atom. The molecule has 0 spiro atoms. The molecule has 1 heterocycles. The van der Waals surface area contributed by atoms with Crippen LogP contribution in [0.15, 0.2) is 71.9 Å². The molecule has 0 saturated carbocycles. The molecule has 0 aromatic heterocycles. The predicted octanol–water partition coefficient (Wildman–Crippen LogP) is 5.40. The number of rotatable bonds is 5. The summed E-state index contributed by atoms with van der Waals surface area (Å²) < 4.78 is 16.2. The van der Waals surface area contributed by atoms with Gasteiger partial charge in [0.15, 0.2) is 28.8 Å². The highest BCUT2D eigenvalue weighted by molar-refractivity contribution is 6.01. The lowest BCUT2D eigenvalue weighted by Crippen LogP contribution is -2.26. The minimum Gasteiger partial charge on any atom is -0.504 e. The summed E-state index contributed by atoms with van der Waals surface area (Å²) in [6, 6.07) is 18.5. The number of Topliss-reactive ketones (excluding diaryl/α,β-unsaturated/α-hetero) is 1. The van der Waals surface area contributed by atoms with Crippen LogP contribution in [0.4, 0.5) is 11.4 Å². The normalized spacial score (nSPS) is 19.0. The molecule has 3 aromatic rings. The van der Waals surface area contributed by atoms with Gasteiger partial charge in [-0.05, 0) is 59.9 Å². The Morgan fingerprint density at radius 2 is 1.49 bits per heavy atom. The van der Waals surface area contributed by atoms with Crippen molar-refractivity contribution in [2.45, 2.75) is 24.8 Å². The van der Waals surface area contributed by atoms with E-state index in [0.29, 0.717) is 35.7 Å². The number of methoxy groups -OCH3 is 3. The first-order valence-corrected chi connectivity index (χ1v) is 11.5. The van der Waals surface area contributed by atoms with E-state index in [9.17, 15) is 9.90 Å². The molecule has 0 fully saturated rings. The number of phenolic OH excluding ortho intramolecular Hbond substituents is 1. The third kappa shape index (κ3) is 4.14. The second-order valence-corrected chi connectivity index (χ2v) is 8.71. The van der Waals surface area contributed by atoms with Crippen LogP contribution in [0.25, 0.3) is 0 Å². The maximum absolute atomic E-state index is 13.7. The van der Waals surface area contributed by atoms with Crippen LogP contribution in [0.5, 0.6) is 23.0 Å². The Morgan fingerprint density at radius 1 is 0.800 bits per heavy atom. The number of hydrogen-bond donors (Lipinski definition) is 3. The van der Waals surface area contributed by atoms with Crippen LogP contribution in [0.2, 0.25) is 0 Å². The lowest BCUT2D eigenvalue weighted by Gasteiger charge is -2.30. The maximum Gasteiger partial charge on any atom is 0.163 e. The lowest BCUT2D eigenvalue weighted by molar-refractivity contribution is -0.116. The first-order chi connectivity index (χ1) is 17.0. The molecule has 0 unspecified atom stereocenters. The zero-order valence-corrected chi connectivity index (χ0v) is 19.9. The fraction of sp³-hybridized carbons (Fsp3) is 0.250. The topological polar surface area (TPSA) is 89.1 Å². The molecule has 1 aliphatic heterocycles. The minimum atomic E-state index is -0.394. The van der Waals surface area contributed by atoms with Crippen molar-refractivity contribution in [3.05, 3.63) is 83.1 Å². The summed E-state index contributed by atoms with van der Waals surface area (Å²) in [7, 11) is 4.73. The lowest BCUT2D eigenvalue weighted by atomic mass is 9.78. The molecule has 0 bridgehead atoms. The molecule has 7 heteroatoms. The van der Waals surface area contributed by atoms with Gasteiger partial charge in [-0.15, -0.1) is 0 Å². The average Bonchev–Trinajstić information content (AvgIpc) is 3.05. The zero-order chi connectivity index (χ0) is 24.5. The molecule has 2 aliphatic rings. The van der Waals surface area contributed by atoms with E-state index in [0.717, 1.165) is 28.2 Å². The van der Waals surface area contributed by atoms with Crippen molar-refractivity contribution in [1.82, 2.24) is 0 Å². The molecule has 3 N–H and O–H groups in total. The summed E-state index contributed by atoms with van der Waals surface area (Å²) in [5.41, 5.74) is 5.26. The van der Waals surface area contributed by atoms with Gasteiger partial charge in [-0.25, -0.2) is 0 Å². The number of ether oxygens (including phenoxy) is 3. The highest BCUT2D eigenvalue weighted by Gasteiger charge is 2.36. The summed E-state index contributed by atoms with van der Waals surface area (Å²) in [6.45, 7) is 0. The fourth-order valence-electron chi connectivity index (χ4n) is 4.96. The van der Waals surface area contributed by atoms with E-state index in [1.807, 2.05) is 48.5 Å². The molecule has 3 aromatic carbocycles. The molecule has 0 saturated heterocycles. The molecule has 180 valence electrons. The molecular formula is C28H28N2O5. The number of carbonyl (C=O) groups is 1. The Bertz CT molecular complexity index is 1320. The molecular weight excluding hydrogens is 444 g/mol. The second-order valence-electron chi connectivity index (χ2n) is 8.71. The Labute approximate surface area is 204 Å². The SMILES string of the molecule is COc1cc([C@@H]2Nc3ccccc3NC3=C2C(=O)C[C@H](c2ccc(OC)c(OC)c2)C3)ccc1O. The van der Waals surface area contributed by atoms with Crippen molar-refractivity contribution < 1.29 is 24.1 Å². The fourth-order valence-corrected chi connectivity index (χ4v) is 4.96. The molecule has 5 rings (SSSR count). The van der Waals surface area contributed by atoms with Crippen molar-refractivity contribution in [2.24, 2.45) is 0 Å². The van der Waals surface area contributed by atoms with E-state index in [2.05, 4.69) is 10.6 Å². The average molecular weight is 473 g/mol. The van der Waals surface area contributed by atoms with Gasteiger partial charge in [0.05, 0.1) is 38.7 Å². The van der Waals surface area contributed by atoms with Gasteiger partial charge in [-0.3, -0.25) is 4.79 Å². The van der Waals surface area contributed by atoms with Gasteiger partial charge in [0.2, 0.25) is 0 Å². The van der Waals surface area contributed by atoms with Crippen LogP contribution in [0.3, 0.4) is 0 Å². The largest absolute Gasteiger partial charge is 0.504 e. The summed E-state index contributed by atoms with van der Waals surface area (Å²) in [5.74, 6) is 1.78. The number of hydrogen-bond acceptors (Lipinski definition) is 7. The second kappa shape index (κ2) is 9.25. The molecule has 1 aliphatic carbocycles. The van der Waals surface area contributed by atoms with Crippen molar-refractivity contribution in [1.29, 1.82) is 0 Å². The van der Waals surface area contributed by atoms with Gasteiger partial charge in [-0.2, -0.15) is 0 Å². The van der Waals surface area contributed by atoms with Crippen LogP contribution in [-0.2, 0) is 4.79 Å². The number of carbonyl (C=O) groups excluding carboxylic acids is 1. The predicted molar refractivity (Wildman–Crippen MR) is 135 cm³/mol. The molecule has 0 amide bonds. The number of benzene rings is 3. The van der Waals surface area contributed by atoms with Crippen LogP contribution < -0.4 is 24.8 Å². The van der Waals surface area contributed by atoms with Gasteiger partial charge in [0, 0.05) is 17.7 Å². The van der Waals surface area contributed by atoms with Gasteiger partial charge >= 0.3 is 0 Å². The standard InChI is InChI=1S/C28H28N2O5/c1-33-24-11-9-16(14-26(24)35-3)18-12-21-27(23(32)13-18)28(17-8-10-22(31)25(15-17)34-2)30-20-7-5-4-6-19(20)29-21/h4-11,14-15,18,28-31H,12-13H2,1-3H3/t18-,28+/m1/s1. The van der Waals surface area contributed by atoms with Gasteiger partial charge in [-0.1, -0.05) is 24.3 Å². The number of nitrogens with one attached hydrogen (secondary N) is 2. The number of anilines is 2. The monoisotopic (exact) mass is 472 g/mol. The third-order valence-corrected chi connectivity index (χ3v) is 6.73. The number of para-hydroxylation sites is 2. The summed E-state index contributed by atoms with van der Waals surface area (Å²) in [4.78, 5) is 13.7. The van der Waals surface area contributed by atoms with Crippen LogP contribution in [0.1, 0.15) is 35.9 Å². The van der Waals surface area contributed by atoms with E-state index in [-0.39, 0.29) is 17.5 Å². The summed E-state index contributed by atoms with van der Waals surface area (Å²) in [5, 5.41) is 17.2. The summed E-state index contributed by atoms with van der Waals surface area (Å²) >= 11 is 0. The third-order valence-electron chi connectivity index (χ3n) is 6.73. The quantitative estimate of drug-likeness (QED) is 0.458. The smallest absolute Gasteiger partial charge is 0.163 e. The number of allylic oxidation sites excluding steroid dienone is 1. The number of ketones is 1. The zero-order valence-electron chi connectivity index (χ0n) is 19.9. The first-order valence-electron chi connectivity index (χ1n) is 11.5. The van der Waals surface area contributed by atoms with Crippen molar-refractivity contribution in [2.75, 3.05) is 32.0 Å². The Balaban J connectivity index is 1.59. The Kier molecular flexibility index (Phi) is 5.99. The number of aromatic hydroxyl groups is 1. The van der Waals surface area contributed by atoms with E-state index in [1.165, 1.54) is 7.11 Å². The van der Waals surface area contributed by atoms with E-state index in [1.54, 1.807) is 26.4 Å².